The van der Waals surface area contributed by atoms with Crippen molar-refractivity contribution >= 4 is 27.7 Å². The molecular formula is C16H16BrF2NS. The summed E-state index contributed by atoms with van der Waals surface area (Å²) in [6.45, 7) is 2.02. The quantitative estimate of drug-likeness (QED) is 0.721. The zero-order valence-electron chi connectivity index (χ0n) is 11.5. The fraction of sp³-hybridized carbons (Fsp3) is 0.250. The Balaban J connectivity index is 2.30. The van der Waals surface area contributed by atoms with Gasteiger partial charge in [0.25, 0.3) is 0 Å². The number of rotatable bonds is 5. The third-order valence-electron chi connectivity index (χ3n) is 3.19. The van der Waals surface area contributed by atoms with Crippen LogP contribution in [0.3, 0.4) is 0 Å². The van der Waals surface area contributed by atoms with Gasteiger partial charge in [0.05, 0.1) is 0 Å². The maximum atomic E-state index is 13.4. The van der Waals surface area contributed by atoms with Gasteiger partial charge in [-0.3, -0.25) is 0 Å². The highest BCUT2D eigenvalue weighted by Gasteiger charge is 2.20. The predicted molar refractivity (Wildman–Crippen MR) is 87.4 cm³/mol. The van der Waals surface area contributed by atoms with Crippen LogP contribution in [-0.4, -0.2) is 6.04 Å². The van der Waals surface area contributed by atoms with Crippen molar-refractivity contribution in [1.82, 2.24) is 0 Å². The van der Waals surface area contributed by atoms with Gasteiger partial charge in [-0.15, -0.1) is 11.8 Å². The van der Waals surface area contributed by atoms with Gasteiger partial charge >= 0.3 is 0 Å². The number of halogens is 3. The van der Waals surface area contributed by atoms with E-state index in [1.165, 1.54) is 17.8 Å². The van der Waals surface area contributed by atoms with Crippen molar-refractivity contribution < 1.29 is 8.78 Å². The van der Waals surface area contributed by atoms with Crippen LogP contribution >= 0.6 is 27.7 Å². The van der Waals surface area contributed by atoms with E-state index in [0.29, 0.717) is 4.90 Å². The van der Waals surface area contributed by atoms with Crippen LogP contribution in [0, 0.1) is 11.6 Å². The maximum absolute atomic E-state index is 13.4. The summed E-state index contributed by atoms with van der Waals surface area (Å²) in [6, 6.07) is 11.8. The van der Waals surface area contributed by atoms with Gasteiger partial charge in [-0.2, -0.15) is 0 Å². The topological polar surface area (TPSA) is 26.0 Å². The molecule has 21 heavy (non-hydrogen) atoms. The second kappa shape index (κ2) is 7.38. The molecule has 2 unspecified atom stereocenters. The molecule has 1 nitrogen and oxygen atoms in total. The average molecular weight is 372 g/mol. The summed E-state index contributed by atoms with van der Waals surface area (Å²) in [5.74, 6) is -1.67. The van der Waals surface area contributed by atoms with E-state index >= 15 is 0 Å². The van der Waals surface area contributed by atoms with Crippen molar-refractivity contribution in [3.63, 3.8) is 0 Å². The largest absolute Gasteiger partial charge is 0.326 e. The Bertz CT molecular complexity index is 621. The molecule has 2 N–H and O–H groups in total. The third kappa shape index (κ3) is 4.28. The first kappa shape index (κ1) is 16.5. The Kier molecular flexibility index (Phi) is 5.79. The average Bonchev–Trinajstić information content (AvgIpc) is 2.47. The number of hydrogen-bond acceptors (Lipinski definition) is 2. The second-order valence-corrected chi connectivity index (χ2v) is 6.87. The van der Waals surface area contributed by atoms with Crippen molar-refractivity contribution in [3.05, 3.63) is 64.1 Å². The molecule has 0 amide bonds. The molecule has 5 heteroatoms. The lowest BCUT2D eigenvalue weighted by atomic mass is 10.0. The van der Waals surface area contributed by atoms with Crippen molar-refractivity contribution in [2.24, 2.45) is 5.73 Å². The standard InChI is InChI=1S/C16H16BrF2NS/c1-2-15(20)16(10-4-3-5-11(17)8-10)21-12-6-7-13(18)14(19)9-12/h3-9,15-16H,2,20H2,1H3. The molecule has 0 aliphatic carbocycles. The van der Waals surface area contributed by atoms with Gasteiger partial charge in [0.1, 0.15) is 0 Å². The highest BCUT2D eigenvalue weighted by Crippen LogP contribution is 2.39. The Morgan fingerprint density at radius 3 is 2.52 bits per heavy atom. The highest BCUT2D eigenvalue weighted by atomic mass is 79.9. The summed E-state index contributed by atoms with van der Waals surface area (Å²) in [5.41, 5.74) is 7.27. The van der Waals surface area contributed by atoms with E-state index in [1.807, 2.05) is 31.2 Å². The van der Waals surface area contributed by atoms with Crippen LogP contribution in [0.1, 0.15) is 24.2 Å². The first-order valence-electron chi connectivity index (χ1n) is 6.64. The van der Waals surface area contributed by atoms with Crippen LogP contribution in [0.2, 0.25) is 0 Å². The molecule has 2 atom stereocenters. The fourth-order valence-electron chi connectivity index (χ4n) is 2.00. The SMILES string of the molecule is CCC(N)C(Sc1ccc(F)c(F)c1)c1cccc(Br)c1. The van der Waals surface area contributed by atoms with E-state index < -0.39 is 11.6 Å². The molecule has 0 bridgehead atoms. The minimum atomic E-state index is -0.835. The van der Waals surface area contributed by atoms with Crippen LogP contribution in [0.5, 0.6) is 0 Å². The van der Waals surface area contributed by atoms with Crippen LogP contribution in [0.4, 0.5) is 8.78 Å². The molecule has 0 aliphatic heterocycles. The molecular weight excluding hydrogens is 356 g/mol. The Morgan fingerprint density at radius 1 is 1.14 bits per heavy atom. The molecule has 2 aromatic rings. The summed E-state index contributed by atoms with van der Waals surface area (Å²) in [7, 11) is 0. The Morgan fingerprint density at radius 2 is 1.90 bits per heavy atom. The van der Waals surface area contributed by atoms with Gasteiger partial charge in [0.15, 0.2) is 11.6 Å². The van der Waals surface area contributed by atoms with Crippen molar-refractivity contribution in [1.29, 1.82) is 0 Å². The minimum absolute atomic E-state index is 0.0163. The predicted octanol–water partition coefficient (Wildman–Crippen LogP) is 5.30. The lowest BCUT2D eigenvalue weighted by Gasteiger charge is -2.23. The van der Waals surface area contributed by atoms with E-state index in [1.54, 1.807) is 6.07 Å². The number of benzene rings is 2. The first-order chi connectivity index (χ1) is 10.0. The molecule has 0 fully saturated rings. The number of hydrogen-bond donors (Lipinski definition) is 1. The Hall–Kier alpha value is -0.910. The third-order valence-corrected chi connectivity index (χ3v) is 5.09. The summed E-state index contributed by atoms with van der Waals surface area (Å²) in [5, 5.41) is -0.0163. The van der Waals surface area contributed by atoms with E-state index in [2.05, 4.69) is 15.9 Å². The maximum Gasteiger partial charge on any atom is 0.159 e. The molecule has 2 rings (SSSR count). The van der Waals surface area contributed by atoms with Crippen molar-refractivity contribution in [2.75, 3.05) is 0 Å². The summed E-state index contributed by atoms with van der Waals surface area (Å²) in [4.78, 5) is 0.669. The van der Waals surface area contributed by atoms with E-state index in [9.17, 15) is 8.78 Å². The van der Waals surface area contributed by atoms with Crippen LogP contribution in [-0.2, 0) is 0 Å². The van der Waals surface area contributed by atoms with E-state index in [0.717, 1.165) is 22.5 Å². The molecule has 0 aliphatic rings. The minimum Gasteiger partial charge on any atom is -0.326 e. The lowest BCUT2D eigenvalue weighted by molar-refractivity contribution is 0.506. The molecule has 2 aromatic carbocycles. The van der Waals surface area contributed by atoms with Crippen LogP contribution in [0.25, 0.3) is 0 Å². The van der Waals surface area contributed by atoms with Gasteiger partial charge in [-0.05, 0) is 42.3 Å². The highest BCUT2D eigenvalue weighted by molar-refractivity contribution is 9.10. The van der Waals surface area contributed by atoms with Gasteiger partial charge < -0.3 is 5.73 Å². The molecule has 0 aromatic heterocycles. The van der Waals surface area contributed by atoms with E-state index in [4.69, 9.17) is 5.73 Å². The zero-order valence-corrected chi connectivity index (χ0v) is 13.9. The summed E-state index contributed by atoms with van der Waals surface area (Å²) in [6.07, 6.45) is 0.799. The van der Waals surface area contributed by atoms with Crippen LogP contribution < -0.4 is 5.73 Å². The first-order valence-corrected chi connectivity index (χ1v) is 8.31. The van der Waals surface area contributed by atoms with Gasteiger partial charge in [-0.25, -0.2) is 8.78 Å². The lowest BCUT2D eigenvalue weighted by Crippen LogP contribution is -2.25. The number of thioether (sulfide) groups is 1. The van der Waals surface area contributed by atoms with Gasteiger partial charge in [-0.1, -0.05) is 35.0 Å². The van der Waals surface area contributed by atoms with Crippen LogP contribution in [0.15, 0.2) is 51.8 Å². The molecule has 0 heterocycles. The molecule has 0 saturated carbocycles. The normalized spacial score (nSPS) is 14.0. The monoisotopic (exact) mass is 371 g/mol. The Labute approximate surface area is 136 Å². The molecule has 0 spiro atoms. The van der Waals surface area contributed by atoms with E-state index in [-0.39, 0.29) is 11.3 Å². The van der Waals surface area contributed by atoms with Crippen molar-refractivity contribution in [3.8, 4) is 0 Å². The van der Waals surface area contributed by atoms with Crippen molar-refractivity contribution in [2.45, 2.75) is 29.5 Å². The molecule has 0 saturated heterocycles. The smallest absolute Gasteiger partial charge is 0.159 e. The fourth-order valence-corrected chi connectivity index (χ4v) is 3.68. The summed E-state index contributed by atoms with van der Waals surface area (Å²) >= 11 is 4.90. The zero-order chi connectivity index (χ0) is 15.4. The van der Waals surface area contributed by atoms with Gasteiger partial charge in [0.2, 0.25) is 0 Å². The molecule has 112 valence electrons. The summed E-state index contributed by atoms with van der Waals surface area (Å²) < 4.78 is 27.3. The molecule has 0 radical (unpaired) electrons. The second-order valence-electron chi connectivity index (χ2n) is 4.74. The number of nitrogens with two attached hydrogens (primary N) is 1. The van der Waals surface area contributed by atoms with Gasteiger partial charge in [0, 0.05) is 20.7 Å².